The van der Waals surface area contributed by atoms with Gasteiger partial charge in [0.2, 0.25) is 17.7 Å². The van der Waals surface area contributed by atoms with Crippen LogP contribution in [0.25, 0.3) is 0 Å². The lowest BCUT2D eigenvalue weighted by molar-refractivity contribution is -0.129. The molecule has 0 radical (unpaired) electrons. The molecule has 0 rings (SSSR count). The van der Waals surface area contributed by atoms with Crippen molar-refractivity contribution >= 4 is 17.7 Å². The average Bonchev–Trinajstić information content (AvgIpc) is 2.29. The molecule has 0 aromatic carbocycles. The summed E-state index contributed by atoms with van der Waals surface area (Å²) in [5.74, 6) is -0.904. The van der Waals surface area contributed by atoms with Gasteiger partial charge in [0.05, 0.1) is 5.92 Å². The largest absolute Gasteiger partial charge is 0.370 e. The van der Waals surface area contributed by atoms with Crippen molar-refractivity contribution in [1.29, 1.82) is 0 Å². The van der Waals surface area contributed by atoms with Crippen LogP contribution in [-0.4, -0.2) is 30.8 Å². The smallest absolute Gasteiger partial charge is 0.225 e. The van der Waals surface area contributed by atoms with Gasteiger partial charge in [0.1, 0.15) is 0 Å². The summed E-state index contributed by atoms with van der Waals surface area (Å²) in [6, 6.07) is 0. The molecule has 0 saturated carbocycles. The molecule has 0 aliphatic heterocycles. The molecule has 0 heterocycles. The van der Waals surface area contributed by atoms with Gasteiger partial charge in [-0.1, -0.05) is 27.7 Å². The standard InChI is InChI=1S/C13H25N3O3/c1-9(8-16-12(19)13(2,3)4)11(18)15-7-5-6-10(14)17/h9H,5-8H2,1-4H3,(H2,14,17)(H,15,18)(H,16,19). The highest BCUT2D eigenvalue weighted by atomic mass is 16.2. The van der Waals surface area contributed by atoms with Crippen LogP contribution in [0, 0.1) is 11.3 Å². The molecular weight excluding hydrogens is 246 g/mol. The highest BCUT2D eigenvalue weighted by molar-refractivity contribution is 5.83. The third-order valence-electron chi connectivity index (χ3n) is 2.60. The maximum atomic E-state index is 11.7. The lowest BCUT2D eigenvalue weighted by Gasteiger charge is -2.19. The molecule has 0 bridgehead atoms. The third-order valence-corrected chi connectivity index (χ3v) is 2.60. The molecule has 0 aliphatic rings. The van der Waals surface area contributed by atoms with Gasteiger partial charge in [-0.25, -0.2) is 0 Å². The average molecular weight is 271 g/mol. The Balaban J connectivity index is 3.88. The number of amides is 3. The van der Waals surface area contributed by atoms with Crippen LogP contribution in [0.15, 0.2) is 0 Å². The fourth-order valence-corrected chi connectivity index (χ4v) is 1.25. The number of rotatable bonds is 7. The molecular formula is C13H25N3O3. The Bertz CT molecular complexity index is 335. The predicted octanol–water partition coefficient (Wildman–Crippen LogP) is 0.167. The second-order valence-corrected chi connectivity index (χ2v) is 5.72. The van der Waals surface area contributed by atoms with Crippen molar-refractivity contribution in [3.05, 3.63) is 0 Å². The lowest BCUT2D eigenvalue weighted by atomic mass is 9.95. The number of primary amides is 1. The number of nitrogens with one attached hydrogen (secondary N) is 2. The zero-order valence-electron chi connectivity index (χ0n) is 12.2. The SMILES string of the molecule is CC(CNC(=O)C(C)(C)C)C(=O)NCCCC(N)=O. The van der Waals surface area contributed by atoms with Gasteiger partial charge in [-0.2, -0.15) is 0 Å². The number of hydrogen-bond acceptors (Lipinski definition) is 3. The highest BCUT2D eigenvalue weighted by Crippen LogP contribution is 2.12. The minimum atomic E-state index is -0.461. The highest BCUT2D eigenvalue weighted by Gasteiger charge is 2.22. The Hall–Kier alpha value is -1.59. The van der Waals surface area contributed by atoms with Gasteiger partial charge < -0.3 is 16.4 Å². The Kier molecular flexibility index (Phi) is 7.11. The van der Waals surface area contributed by atoms with E-state index in [0.717, 1.165) is 0 Å². The fourth-order valence-electron chi connectivity index (χ4n) is 1.25. The first-order valence-corrected chi connectivity index (χ1v) is 6.49. The summed E-state index contributed by atoms with van der Waals surface area (Å²) in [5.41, 5.74) is 4.53. The molecule has 0 saturated heterocycles. The van der Waals surface area contributed by atoms with Crippen molar-refractivity contribution in [2.45, 2.75) is 40.5 Å². The Morgan fingerprint density at radius 2 is 1.74 bits per heavy atom. The fraction of sp³-hybridized carbons (Fsp3) is 0.769. The van der Waals surface area contributed by atoms with Gasteiger partial charge in [0.15, 0.2) is 0 Å². The van der Waals surface area contributed by atoms with Crippen LogP contribution < -0.4 is 16.4 Å². The van der Waals surface area contributed by atoms with E-state index in [1.807, 2.05) is 20.8 Å². The normalized spacial score (nSPS) is 12.6. The minimum absolute atomic E-state index is 0.0825. The molecule has 0 aromatic rings. The monoisotopic (exact) mass is 271 g/mol. The molecule has 0 fully saturated rings. The van der Waals surface area contributed by atoms with Crippen LogP contribution in [0.4, 0.5) is 0 Å². The molecule has 0 aliphatic carbocycles. The first-order chi connectivity index (χ1) is 8.64. The lowest BCUT2D eigenvalue weighted by Crippen LogP contribution is -2.41. The van der Waals surface area contributed by atoms with Crippen LogP contribution in [0.1, 0.15) is 40.5 Å². The van der Waals surface area contributed by atoms with Gasteiger partial charge in [-0.05, 0) is 6.42 Å². The quantitative estimate of drug-likeness (QED) is 0.575. The molecule has 0 spiro atoms. The number of carbonyl (C=O) groups excluding carboxylic acids is 3. The number of nitrogens with two attached hydrogens (primary N) is 1. The first kappa shape index (κ1) is 17.4. The van der Waals surface area contributed by atoms with Gasteiger partial charge in [-0.15, -0.1) is 0 Å². The molecule has 19 heavy (non-hydrogen) atoms. The van der Waals surface area contributed by atoms with E-state index in [9.17, 15) is 14.4 Å². The van der Waals surface area contributed by atoms with Crippen LogP contribution >= 0.6 is 0 Å². The van der Waals surface area contributed by atoms with E-state index in [-0.39, 0.29) is 30.1 Å². The topological polar surface area (TPSA) is 101 Å². The molecule has 110 valence electrons. The van der Waals surface area contributed by atoms with E-state index >= 15 is 0 Å². The summed E-state index contributed by atoms with van der Waals surface area (Å²) >= 11 is 0. The molecule has 4 N–H and O–H groups in total. The van der Waals surface area contributed by atoms with Crippen molar-refractivity contribution in [3.63, 3.8) is 0 Å². The number of hydrogen-bond donors (Lipinski definition) is 3. The van der Waals surface area contributed by atoms with Crippen molar-refractivity contribution in [3.8, 4) is 0 Å². The molecule has 1 unspecified atom stereocenters. The summed E-state index contributed by atoms with van der Waals surface area (Å²) < 4.78 is 0. The van der Waals surface area contributed by atoms with Crippen molar-refractivity contribution in [1.82, 2.24) is 10.6 Å². The van der Waals surface area contributed by atoms with E-state index in [1.165, 1.54) is 0 Å². The second-order valence-electron chi connectivity index (χ2n) is 5.72. The second kappa shape index (κ2) is 7.76. The molecule has 6 heteroatoms. The first-order valence-electron chi connectivity index (χ1n) is 6.49. The van der Waals surface area contributed by atoms with E-state index in [1.54, 1.807) is 6.92 Å². The van der Waals surface area contributed by atoms with Gasteiger partial charge in [-0.3, -0.25) is 14.4 Å². The summed E-state index contributed by atoms with van der Waals surface area (Å²) in [4.78, 5) is 33.8. The van der Waals surface area contributed by atoms with Crippen LogP contribution in [0.2, 0.25) is 0 Å². The molecule has 0 aromatic heterocycles. The Labute approximate surface area is 114 Å². The van der Waals surface area contributed by atoms with Crippen molar-refractivity contribution in [2.75, 3.05) is 13.1 Å². The third kappa shape index (κ3) is 8.18. The van der Waals surface area contributed by atoms with Gasteiger partial charge in [0, 0.05) is 24.9 Å². The van der Waals surface area contributed by atoms with Crippen LogP contribution in [-0.2, 0) is 14.4 Å². The summed E-state index contributed by atoms with van der Waals surface area (Å²) in [6.07, 6.45) is 0.789. The summed E-state index contributed by atoms with van der Waals surface area (Å²) in [6.45, 7) is 7.91. The summed E-state index contributed by atoms with van der Waals surface area (Å²) in [5, 5.41) is 5.44. The van der Waals surface area contributed by atoms with Crippen LogP contribution in [0.5, 0.6) is 0 Å². The molecule has 1 atom stereocenters. The van der Waals surface area contributed by atoms with E-state index < -0.39 is 5.41 Å². The van der Waals surface area contributed by atoms with Crippen molar-refractivity contribution < 1.29 is 14.4 Å². The Morgan fingerprint density at radius 3 is 2.21 bits per heavy atom. The predicted molar refractivity (Wildman–Crippen MR) is 73.1 cm³/mol. The number of carbonyl (C=O) groups is 3. The maximum absolute atomic E-state index is 11.7. The molecule has 6 nitrogen and oxygen atoms in total. The summed E-state index contributed by atoms with van der Waals surface area (Å²) in [7, 11) is 0. The maximum Gasteiger partial charge on any atom is 0.225 e. The van der Waals surface area contributed by atoms with Gasteiger partial charge in [0.25, 0.3) is 0 Å². The minimum Gasteiger partial charge on any atom is -0.370 e. The van der Waals surface area contributed by atoms with Crippen molar-refractivity contribution in [2.24, 2.45) is 17.1 Å². The molecule has 3 amide bonds. The zero-order valence-corrected chi connectivity index (χ0v) is 12.2. The van der Waals surface area contributed by atoms with Crippen LogP contribution in [0.3, 0.4) is 0 Å². The van der Waals surface area contributed by atoms with E-state index in [0.29, 0.717) is 19.5 Å². The van der Waals surface area contributed by atoms with E-state index in [4.69, 9.17) is 5.73 Å². The zero-order chi connectivity index (χ0) is 15.1. The van der Waals surface area contributed by atoms with Gasteiger partial charge >= 0.3 is 0 Å². The van der Waals surface area contributed by atoms with E-state index in [2.05, 4.69) is 10.6 Å². The Morgan fingerprint density at radius 1 is 1.16 bits per heavy atom.